The molecule has 6 nitrogen and oxygen atoms in total. The molecule has 1 aliphatic heterocycles. The molecule has 8 heteroatoms. The van der Waals surface area contributed by atoms with Crippen LogP contribution in [0.1, 0.15) is 4.88 Å². The molecule has 0 amide bonds. The average molecular weight is 357 g/mol. The highest BCUT2D eigenvalue weighted by Gasteiger charge is 2.23. The molecule has 3 rings (SSSR count). The number of nitrogens with zero attached hydrogens (tertiary/aromatic N) is 1. The summed E-state index contributed by atoms with van der Waals surface area (Å²) in [5.41, 5.74) is 0.397. The zero-order valence-electron chi connectivity index (χ0n) is 10.1. The van der Waals surface area contributed by atoms with Crippen LogP contribution in [-0.2, 0) is 6.54 Å². The molecular formula is C12H9BrN2O4S. The van der Waals surface area contributed by atoms with Crippen LogP contribution >= 0.6 is 27.3 Å². The van der Waals surface area contributed by atoms with E-state index in [9.17, 15) is 10.1 Å². The van der Waals surface area contributed by atoms with Crippen LogP contribution in [0.5, 0.6) is 11.5 Å². The van der Waals surface area contributed by atoms with Crippen molar-refractivity contribution in [3.8, 4) is 11.5 Å². The number of ether oxygens (including phenoxy) is 2. The van der Waals surface area contributed by atoms with Crippen molar-refractivity contribution in [2.24, 2.45) is 0 Å². The van der Waals surface area contributed by atoms with Gasteiger partial charge >= 0.3 is 0 Å². The Morgan fingerprint density at radius 3 is 2.75 bits per heavy atom. The summed E-state index contributed by atoms with van der Waals surface area (Å²) in [6, 6.07) is 4.95. The van der Waals surface area contributed by atoms with Gasteiger partial charge in [0.05, 0.1) is 11.0 Å². The first kappa shape index (κ1) is 13.2. The van der Waals surface area contributed by atoms with Gasteiger partial charge in [-0.15, -0.1) is 11.3 Å². The van der Waals surface area contributed by atoms with Crippen molar-refractivity contribution in [1.29, 1.82) is 0 Å². The highest BCUT2D eigenvalue weighted by atomic mass is 79.9. The SMILES string of the molecule is O=[N+]([O-])c1cc2c(cc1NCc1cc(Br)cs1)OCO2. The Morgan fingerprint density at radius 2 is 2.10 bits per heavy atom. The highest BCUT2D eigenvalue weighted by Crippen LogP contribution is 2.40. The van der Waals surface area contributed by atoms with Crippen molar-refractivity contribution in [3.05, 3.63) is 43.0 Å². The van der Waals surface area contributed by atoms with Crippen molar-refractivity contribution < 1.29 is 14.4 Å². The first-order chi connectivity index (χ1) is 9.63. The highest BCUT2D eigenvalue weighted by molar-refractivity contribution is 9.10. The summed E-state index contributed by atoms with van der Waals surface area (Å²) in [6.45, 7) is 0.602. The Morgan fingerprint density at radius 1 is 1.35 bits per heavy atom. The van der Waals surface area contributed by atoms with E-state index in [-0.39, 0.29) is 12.5 Å². The first-order valence-corrected chi connectivity index (χ1v) is 7.35. The summed E-state index contributed by atoms with van der Waals surface area (Å²) < 4.78 is 11.4. The second-order valence-corrected chi connectivity index (χ2v) is 5.98. The van der Waals surface area contributed by atoms with E-state index in [1.807, 2.05) is 11.4 Å². The number of rotatable bonds is 4. The number of benzene rings is 1. The molecule has 1 N–H and O–H groups in total. The number of halogens is 1. The summed E-state index contributed by atoms with van der Waals surface area (Å²) in [6.07, 6.45) is 0. The van der Waals surface area contributed by atoms with Crippen LogP contribution in [0.3, 0.4) is 0 Å². The van der Waals surface area contributed by atoms with Crippen LogP contribution in [-0.4, -0.2) is 11.7 Å². The second-order valence-electron chi connectivity index (χ2n) is 4.06. The van der Waals surface area contributed by atoms with Crippen LogP contribution in [0.4, 0.5) is 11.4 Å². The molecule has 20 heavy (non-hydrogen) atoms. The Balaban J connectivity index is 1.86. The number of nitro groups is 1. The van der Waals surface area contributed by atoms with E-state index in [1.54, 1.807) is 17.4 Å². The van der Waals surface area contributed by atoms with E-state index < -0.39 is 4.92 Å². The van der Waals surface area contributed by atoms with Gasteiger partial charge in [-0.2, -0.15) is 0 Å². The number of hydrogen-bond donors (Lipinski definition) is 1. The molecular weight excluding hydrogens is 348 g/mol. The van der Waals surface area contributed by atoms with Gasteiger partial charge in [0.25, 0.3) is 5.69 Å². The number of fused-ring (bicyclic) bond motifs is 1. The van der Waals surface area contributed by atoms with Gasteiger partial charge in [0.2, 0.25) is 6.79 Å². The molecule has 0 fully saturated rings. The van der Waals surface area contributed by atoms with E-state index in [0.717, 1.165) is 9.35 Å². The van der Waals surface area contributed by atoms with E-state index in [0.29, 0.717) is 23.7 Å². The third-order valence-electron chi connectivity index (χ3n) is 2.76. The minimum atomic E-state index is -0.436. The molecule has 0 aliphatic carbocycles. The topological polar surface area (TPSA) is 73.6 Å². The minimum Gasteiger partial charge on any atom is -0.454 e. The number of anilines is 1. The Hall–Kier alpha value is -1.80. The zero-order valence-corrected chi connectivity index (χ0v) is 12.5. The third kappa shape index (κ3) is 2.56. The molecule has 1 aromatic carbocycles. The number of nitro benzene ring substituents is 1. The lowest BCUT2D eigenvalue weighted by Gasteiger charge is -2.07. The van der Waals surface area contributed by atoms with Crippen LogP contribution in [0.15, 0.2) is 28.1 Å². The predicted molar refractivity (Wildman–Crippen MR) is 78.6 cm³/mol. The summed E-state index contributed by atoms with van der Waals surface area (Å²) in [5.74, 6) is 0.923. The lowest BCUT2D eigenvalue weighted by molar-refractivity contribution is -0.384. The van der Waals surface area contributed by atoms with Crippen molar-refractivity contribution in [2.45, 2.75) is 6.54 Å². The first-order valence-electron chi connectivity index (χ1n) is 5.68. The van der Waals surface area contributed by atoms with Crippen molar-refractivity contribution in [1.82, 2.24) is 0 Å². The van der Waals surface area contributed by atoms with E-state index in [1.165, 1.54) is 6.07 Å². The fraction of sp³-hybridized carbons (Fsp3) is 0.167. The maximum absolute atomic E-state index is 11.1. The fourth-order valence-electron chi connectivity index (χ4n) is 1.85. The molecule has 0 radical (unpaired) electrons. The van der Waals surface area contributed by atoms with Gasteiger partial charge in [-0.05, 0) is 22.0 Å². The molecule has 0 spiro atoms. The molecule has 1 aromatic heterocycles. The molecule has 0 bridgehead atoms. The van der Waals surface area contributed by atoms with Crippen molar-refractivity contribution >= 4 is 38.6 Å². The monoisotopic (exact) mass is 356 g/mol. The lowest BCUT2D eigenvalue weighted by Crippen LogP contribution is -2.01. The normalized spacial score (nSPS) is 12.4. The van der Waals surface area contributed by atoms with Crippen LogP contribution in [0, 0.1) is 10.1 Å². The number of nitrogens with one attached hydrogen (secondary N) is 1. The van der Waals surface area contributed by atoms with E-state index >= 15 is 0 Å². The van der Waals surface area contributed by atoms with Crippen LogP contribution < -0.4 is 14.8 Å². The van der Waals surface area contributed by atoms with E-state index in [4.69, 9.17) is 9.47 Å². The molecule has 0 unspecified atom stereocenters. The van der Waals surface area contributed by atoms with Gasteiger partial charge in [0.1, 0.15) is 5.69 Å². The molecule has 1 aliphatic rings. The molecule has 104 valence electrons. The van der Waals surface area contributed by atoms with Gasteiger partial charge < -0.3 is 14.8 Å². The van der Waals surface area contributed by atoms with Gasteiger partial charge in [0, 0.05) is 27.3 Å². The second kappa shape index (κ2) is 5.29. The number of hydrogen-bond acceptors (Lipinski definition) is 6. The van der Waals surface area contributed by atoms with Crippen LogP contribution in [0.2, 0.25) is 0 Å². The predicted octanol–water partition coefficient (Wildman–Crippen LogP) is 3.76. The average Bonchev–Trinajstić information content (AvgIpc) is 3.03. The molecule has 2 heterocycles. The maximum Gasteiger partial charge on any atom is 0.296 e. The standard InChI is InChI=1S/C12H9BrN2O4S/c13-7-1-8(20-5-7)4-14-9-2-11-12(19-6-18-11)3-10(9)15(16)17/h1-3,5,14H,4,6H2. The van der Waals surface area contributed by atoms with Gasteiger partial charge in [-0.1, -0.05) is 0 Å². The fourth-order valence-corrected chi connectivity index (χ4v) is 3.24. The zero-order chi connectivity index (χ0) is 14.1. The van der Waals surface area contributed by atoms with Crippen molar-refractivity contribution in [3.63, 3.8) is 0 Å². The van der Waals surface area contributed by atoms with Crippen LogP contribution in [0.25, 0.3) is 0 Å². The number of thiophene rings is 1. The summed E-state index contributed by atoms with van der Waals surface area (Å²) >= 11 is 4.95. The summed E-state index contributed by atoms with van der Waals surface area (Å²) in [4.78, 5) is 11.7. The maximum atomic E-state index is 11.1. The summed E-state index contributed by atoms with van der Waals surface area (Å²) in [5, 5.41) is 16.1. The largest absolute Gasteiger partial charge is 0.454 e. The van der Waals surface area contributed by atoms with Gasteiger partial charge in [0.15, 0.2) is 11.5 Å². The smallest absolute Gasteiger partial charge is 0.296 e. The summed E-state index contributed by atoms with van der Waals surface area (Å²) in [7, 11) is 0. The van der Waals surface area contributed by atoms with Crippen molar-refractivity contribution in [2.75, 3.05) is 12.1 Å². The Kier molecular flexibility index (Phi) is 3.49. The third-order valence-corrected chi connectivity index (χ3v) is 4.46. The Labute approximate surface area is 126 Å². The molecule has 0 saturated heterocycles. The molecule has 0 atom stereocenters. The van der Waals surface area contributed by atoms with Gasteiger partial charge in [-0.25, -0.2) is 0 Å². The Bertz CT molecular complexity index is 673. The van der Waals surface area contributed by atoms with Gasteiger partial charge in [-0.3, -0.25) is 10.1 Å². The lowest BCUT2D eigenvalue weighted by atomic mass is 10.2. The minimum absolute atomic E-state index is 0.0233. The van der Waals surface area contributed by atoms with E-state index in [2.05, 4.69) is 21.2 Å². The quantitative estimate of drug-likeness (QED) is 0.666. The molecule has 0 saturated carbocycles. The molecule has 2 aromatic rings.